The molecule has 0 amide bonds. The Balaban J connectivity index is 1.33. The van der Waals surface area contributed by atoms with Crippen LogP contribution in [0.4, 0.5) is 0 Å². The number of benzene rings is 2. The third-order valence-electron chi connectivity index (χ3n) is 15.3. The van der Waals surface area contributed by atoms with Crippen LogP contribution in [-0.4, -0.2) is 8.07 Å². The molecule has 0 heterocycles. The molecule has 4 fully saturated rings. The summed E-state index contributed by atoms with van der Waals surface area (Å²) in [5.41, 5.74) is 8.81. The molecule has 0 spiro atoms. The van der Waals surface area contributed by atoms with Crippen molar-refractivity contribution in [2.45, 2.75) is 173 Å². The first-order chi connectivity index (χ1) is 22.2. The topological polar surface area (TPSA) is 0 Å². The summed E-state index contributed by atoms with van der Waals surface area (Å²) in [5.74, 6) is 7.95. The summed E-state index contributed by atoms with van der Waals surface area (Å²) in [6.45, 7) is 27.5. The van der Waals surface area contributed by atoms with Gasteiger partial charge in [-0.15, -0.1) is 0 Å². The van der Waals surface area contributed by atoms with Gasteiger partial charge in [0.25, 0.3) is 0 Å². The predicted molar refractivity (Wildman–Crippen MR) is 208 cm³/mol. The van der Waals surface area contributed by atoms with E-state index >= 15 is 0 Å². The van der Waals surface area contributed by atoms with Crippen LogP contribution in [0.5, 0.6) is 0 Å². The quantitative estimate of drug-likeness (QED) is 0.261. The zero-order valence-corrected chi connectivity index (χ0v) is 33.5. The Bertz CT molecular complexity index is 1320. The summed E-state index contributed by atoms with van der Waals surface area (Å²) in [7, 11) is -1.61. The van der Waals surface area contributed by atoms with E-state index in [4.69, 9.17) is 0 Å². The van der Waals surface area contributed by atoms with E-state index in [-0.39, 0.29) is 10.8 Å². The van der Waals surface area contributed by atoms with Gasteiger partial charge in [-0.25, -0.2) is 0 Å². The lowest BCUT2D eigenvalue weighted by molar-refractivity contribution is 0.225. The van der Waals surface area contributed by atoms with Crippen molar-refractivity contribution in [2.24, 2.45) is 41.4 Å². The van der Waals surface area contributed by atoms with Crippen LogP contribution < -0.4 is 0 Å². The molecule has 2 aromatic carbocycles. The fraction of sp³-hybridized carbons (Fsp3) is 0.739. The zero-order valence-electron chi connectivity index (χ0n) is 32.5. The molecule has 260 valence electrons. The Morgan fingerprint density at radius 2 is 1.02 bits per heavy atom. The first-order valence-electron chi connectivity index (χ1n) is 20.4. The average Bonchev–Trinajstić information content (AvgIpc) is 3.60. The molecule has 6 rings (SSSR count). The van der Waals surface area contributed by atoms with Crippen molar-refractivity contribution in [3.05, 3.63) is 70.8 Å². The molecule has 2 aromatic rings. The van der Waals surface area contributed by atoms with Crippen molar-refractivity contribution in [2.75, 3.05) is 0 Å². The van der Waals surface area contributed by atoms with Gasteiger partial charge in [0.05, 0.1) is 8.07 Å². The van der Waals surface area contributed by atoms with Gasteiger partial charge in [-0.05, 0) is 123 Å². The zero-order chi connectivity index (χ0) is 33.9. The highest BCUT2D eigenvalue weighted by Gasteiger charge is 2.62. The van der Waals surface area contributed by atoms with E-state index in [2.05, 4.69) is 125 Å². The summed E-state index contributed by atoms with van der Waals surface area (Å²) >= 11 is 0. The van der Waals surface area contributed by atoms with Crippen molar-refractivity contribution in [3.8, 4) is 0 Å². The standard InChI is InChI=1S/C46H72Si/c1-12-47(13-2,43-31(5)28-41-36(16-14-18-38(41)43)32-20-24-34(25-21-32)45(6,7)8)44-39-19-15-17-37(42(39)29-40(44)30(3)4)33-22-26-35(27-23-33)46(9,10)11/h20-27,30-31,36-44H,12-19,28-29H2,1-11H3. The Morgan fingerprint density at radius 1 is 0.596 bits per heavy atom. The SMILES string of the molecule is CC[Si](CC)(C1C(C)CC2C(c3ccc(C(C)(C)C)cc3)CCCC21)C1C(C(C)C)CC2C(c3ccc(C(C)(C)C)cc3)CCCC21. The van der Waals surface area contributed by atoms with Crippen LogP contribution in [0.3, 0.4) is 0 Å². The summed E-state index contributed by atoms with van der Waals surface area (Å²) < 4.78 is 0. The second kappa shape index (κ2) is 13.4. The smallest absolute Gasteiger partial charge is 0.0603 e. The molecule has 4 saturated carbocycles. The number of hydrogen-bond donors (Lipinski definition) is 0. The third-order valence-corrected chi connectivity index (χ3v) is 22.5. The number of fused-ring (bicyclic) bond motifs is 2. The van der Waals surface area contributed by atoms with E-state index in [9.17, 15) is 0 Å². The van der Waals surface area contributed by atoms with Gasteiger partial charge in [0, 0.05) is 0 Å². The number of rotatable bonds is 7. The fourth-order valence-electron chi connectivity index (χ4n) is 13.2. The minimum Gasteiger partial charge on any atom is -0.0678 e. The van der Waals surface area contributed by atoms with Crippen molar-refractivity contribution >= 4 is 8.07 Å². The van der Waals surface area contributed by atoms with E-state index in [0.717, 1.165) is 64.3 Å². The lowest BCUT2D eigenvalue weighted by atomic mass is 9.70. The minimum absolute atomic E-state index is 0.228. The van der Waals surface area contributed by atoms with Crippen LogP contribution in [-0.2, 0) is 10.8 Å². The lowest BCUT2D eigenvalue weighted by Gasteiger charge is -2.52. The van der Waals surface area contributed by atoms with Crippen molar-refractivity contribution < 1.29 is 0 Å². The normalized spacial score (nSPS) is 34.8. The van der Waals surface area contributed by atoms with Gasteiger partial charge in [-0.1, -0.05) is 162 Å². The van der Waals surface area contributed by atoms with Crippen molar-refractivity contribution in [1.82, 2.24) is 0 Å². The highest BCUT2D eigenvalue weighted by molar-refractivity contribution is 6.82. The lowest BCUT2D eigenvalue weighted by Crippen LogP contribution is -2.51. The Morgan fingerprint density at radius 3 is 1.43 bits per heavy atom. The van der Waals surface area contributed by atoms with Crippen LogP contribution in [0.25, 0.3) is 0 Å². The first-order valence-corrected chi connectivity index (χ1v) is 23.0. The molecule has 0 bridgehead atoms. The molecule has 0 aromatic heterocycles. The molecule has 4 aliphatic carbocycles. The van der Waals surface area contributed by atoms with E-state index in [1.807, 2.05) is 0 Å². The molecule has 0 nitrogen and oxygen atoms in total. The monoisotopic (exact) mass is 653 g/mol. The van der Waals surface area contributed by atoms with Crippen LogP contribution in [0.15, 0.2) is 48.5 Å². The summed E-state index contributed by atoms with van der Waals surface area (Å²) in [6, 6.07) is 23.1. The Hall–Kier alpha value is -1.34. The minimum atomic E-state index is -1.61. The van der Waals surface area contributed by atoms with Crippen LogP contribution in [0, 0.1) is 41.4 Å². The molecule has 0 saturated heterocycles. The van der Waals surface area contributed by atoms with E-state index in [0.29, 0.717) is 0 Å². The van der Waals surface area contributed by atoms with Gasteiger partial charge < -0.3 is 0 Å². The van der Waals surface area contributed by atoms with Crippen LogP contribution >= 0.6 is 0 Å². The predicted octanol–water partition coefficient (Wildman–Crippen LogP) is 13.9. The molecular formula is C46H72Si. The first kappa shape index (κ1) is 35.5. The molecule has 10 unspecified atom stereocenters. The van der Waals surface area contributed by atoms with Gasteiger partial charge in [0.15, 0.2) is 0 Å². The van der Waals surface area contributed by atoms with Gasteiger partial charge in [-0.3, -0.25) is 0 Å². The summed E-state index contributed by atoms with van der Waals surface area (Å²) in [6.07, 6.45) is 11.8. The largest absolute Gasteiger partial charge is 0.0678 e. The molecule has 0 radical (unpaired) electrons. The average molecular weight is 653 g/mol. The highest BCUT2D eigenvalue weighted by Crippen LogP contribution is 2.69. The van der Waals surface area contributed by atoms with Crippen LogP contribution in [0.2, 0.25) is 23.2 Å². The molecule has 0 aliphatic heterocycles. The molecular weight excluding hydrogens is 581 g/mol. The van der Waals surface area contributed by atoms with Gasteiger partial charge >= 0.3 is 0 Å². The van der Waals surface area contributed by atoms with Crippen molar-refractivity contribution in [3.63, 3.8) is 0 Å². The maximum absolute atomic E-state index is 2.74. The third kappa shape index (κ3) is 6.40. The molecule has 1 heteroatoms. The van der Waals surface area contributed by atoms with E-state index < -0.39 is 8.07 Å². The van der Waals surface area contributed by atoms with E-state index in [1.54, 1.807) is 11.1 Å². The maximum atomic E-state index is 2.74. The Kier molecular flexibility index (Phi) is 10.1. The molecule has 47 heavy (non-hydrogen) atoms. The maximum Gasteiger partial charge on any atom is 0.0603 e. The van der Waals surface area contributed by atoms with Crippen molar-refractivity contribution in [1.29, 1.82) is 0 Å². The van der Waals surface area contributed by atoms with Gasteiger partial charge in [0.2, 0.25) is 0 Å². The highest BCUT2D eigenvalue weighted by atomic mass is 28.3. The number of hydrogen-bond acceptors (Lipinski definition) is 0. The molecule has 0 N–H and O–H groups in total. The van der Waals surface area contributed by atoms with Crippen LogP contribution in [0.1, 0.15) is 162 Å². The second-order valence-corrected chi connectivity index (χ2v) is 25.0. The fourth-order valence-corrected chi connectivity index (χ4v) is 21.2. The van der Waals surface area contributed by atoms with E-state index in [1.165, 1.54) is 74.6 Å². The summed E-state index contributed by atoms with van der Waals surface area (Å²) in [5, 5.41) is 0. The van der Waals surface area contributed by atoms with Gasteiger partial charge in [-0.2, -0.15) is 0 Å². The molecule has 4 aliphatic rings. The second-order valence-electron chi connectivity index (χ2n) is 19.8. The molecule has 10 atom stereocenters. The summed E-state index contributed by atoms with van der Waals surface area (Å²) in [4.78, 5) is 0. The Labute approximate surface area is 292 Å². The van der Waals surface area contributed by atoms with Gasteiger partial charge in [0.1, 0.15) is 0 Å².